The van der Waals surface area contributed by atoms with Crippen LogP contribution in [0.15, 0.2) is 0 Å². The highest BCUT2D eigenvalue weighted by molar-refractivity contribution is 5.76. The first-order valence-electron chi connectivity index (χ1n) is 5.47. The highest BCUT2D eigenvalue weighted by Gasteiger charge is 2.34. The summed E-state index contributed by atoms with van der Waals surface area (Å²) in [4.78, 5) is 13.5. The van der Waals surface area contributed by atoms with E-state index in [2.05, 4.69) is 18.7 Å². The molecule has 1 saturated heterocycles. The quantitative estimate of drug-likeness (QED) is 0.631. The molecule has 0 aromatic carbocycles. The summed E-state index contributed by atoms with van der Waals surface area (Å²) in [6.45, 7) is 6.55. The number of esters is 1. The smallest absolute Gasteiger partial charge is 0.323 e. The van der Waals surface area contributed by atoms with Gasteiger partial charge in [0.05, 0.1) is 7.11 Å². The van der Waals surface area contributed by atoms with Crippen molar-refractivity contribution >= 4 is 5.97 Å². The van der Waals surface area contributed by atoms with Gasteiger partial charge in [0.1, 0.15) is 6.04 Å². The van der Waals surface area contributed by atoms with E-state index in [0.29, 0.717) is 0 Å². The second kappa shape index (κ2) is 5.35. The summed E-state index contributed by atoms with van der Waals surface area (Å²) < 4.78 is 4.73. The fourth-order valence-electron chi connectivity index (χ4n) is 1.81. The van der Waals surface area contributed by atoms with E-state index >= 15 is 0 Å². The summed E-state index contributed by atoms with van der Waals surface area (Å²) in [6, 6.07) is 0.0483. The van der Waals surface area contributed by atoms with Crippen molar-refractivity contribution in [2.45, 2.75) is 39.2 Å². The molecule has 0 saturated carbocycles. The molecule has 0 aromatic rings. The maximum absolute atomic E-state index is 11.2. The lowest BCUT2D eigenvalue weighted by Gasteiger charge is -2.38. The molecule has 0 aliphatic carbocycles. The zero-order chi connectivity index (χ0) is 10.6. The van der Waals surface area contributed by atoms with Gasteiger partial charge in [-0.1, -0.05) is 13.8 Å². The third-order valence-corrected chi connectivity index (χ3v) is 2.83. The van der Waals surface area contributed by atoms with Crippen molar-refractivity contribution in [2.75, 3.05) is 20.2 Å². The first kappa shape index (κ1) is 11.5. The Morgan fingerprint density at radius 2 is 2.29 bits per heavy atom. The molecular formula is C11H21NO2. The lowest BCUT2D eigenvalue weighted by molar-refractivity contribution is -0.151. The number of hydrogen-bond donors (Lipinski definition) is 0. The standard InChI is InChI=1S/C11H21NO2/c1-9(2)5-4-7-12-8-6-10(12)11(13)14-3/h9-10H,4-8H2,1-3H3. The van der Waals surface area contributed by atoms with Gasteiger partial charge >= 0.3 is 5.97 Å². The van der Waals surface area contributed by atoms with Gasteiger partial charge in [-0.3, -0.25) is 9.69 Å². The molecule has 1 unspecified atom stereocenters. The van der Waals surface area contributed by atoms with Crippen LogP contribution < -0.4 is 0 Å². The highest BCUT2D eigenvalue weighted by atomic mass is 16.5. The van der Waals surface area contributed by atoms with Crippen LogP contribution in [0.1, 0.15) is 33.1 Å². The number of ether oxygens (including phenoxy) is 1. The average molecular weight is 199 g/mol. The molecule has 3 nitrogen and oxygen atoms in total. The van der Waals surface area contributed by atoms with Crippen molar-refractivity contribution in [3.63, 3.8) is 0 Å². The molecule has 0 N–H and O–H groups in total. The molecule has 1 aliphatic heterocycles. The van der Waals surface area contributed by atoms with Gasteiger partial charge in [-0.25, -0.2) is 0 Å². The number of carbonyl (C=O) groups is 1. The summed E-state index contributed by atoms with van der Waals surface area (Å²) in [5.41, 5.74) is 0. The Morgan fingerprint density at radius 3 is 2.71 bits per heavy atom. The highest BCUT2D eigenvalue weighted by Crippen LogP contribution is 2.19. The predicted octanol–water partition coefficient (Wildman–Crippen LogP) is 1.67. The average Bonchev–Trinajstić information content (AvgIpc) is 2.09. The fraction of sp³-hybridized carbons (Fsp3) is 0.909. The van der Waals surface area contributed by atoms with Crippen molar-refractivity contribution in [3.8, 4) is 0 Å². The van der Waals surface area contributed by atoms with Crippen molar-refractivity contribution in [2.24, 2.45) is 5.92 Å². The minimum absolute atomic E-state index is 0.0483. The van der Waals surface area contributed by atoms with E-state index in [4.69, 9.17) is 4.74 Å². The molecule has 0 aromatic heterocycles. The van der Waals surface area contributed by atoms with Crippen molar-refractivity contribution in [1.82, 2.24) is 4.90 Å². The molecule has 82 valence electrons. The number of hydrogen-bond acceptors (Lipinski definition) is 3. The molecule has 0 spiro atoms. The zero-order valence-electron chi connectivity index (χ0n) is 9.45. The van der Waals surface area contributed by atoms with Crippen LogP contribution in [0.3, 0.4) is 0 Å². The SMILES string of the molecule is COC(=O)C1CCN1CCCC(C)C. The molecule has 14 heavy (non-hydrogen) atoms. The van der Waals surface area contributed by atoms with Crippen LogP contribution >= 0.6 is 0 Å². The Kier molecular flexibility index (Phi) is 4.39. The van der Waals surface area contributed by atoms with Gasteiger partial charge in [0.2, 0.25) is 0 Å². The summed E-state index contributed by atoms with van der Waals surface area (Å²) >= 11 is 0. The normalized spacial score (nSPS) is 22.1. The van der Waals surface area contributed by atoms with Crippen LogP contribution in [0.2, 0.25) is 0 Å². The van der Waals surface area contributed by atoms with Crippen LogP contribution in [0.25, 0.3) is 0 Å². The Hall–Kier alpha value is -0.570. The van der Waals surface area contributed by atoms with Crippen LogP contribution in [0.4, 0.5) is 0 Å². The van der Waals surface area contributed by atoms with E-state index in [-0.39, 0.29) is 12.0 Å². The summed E-state index contributed by atoms with van der Waals surface area (Å²) in [7, 11) is 1.47. The molecule has 1 rings (SSSR count). The Bertz CT molecular complexity index is 192. The molecular weight excluding hydrogens is 178 g/mol. The zero-order valence-corrected chi connectivity index (χ0v) is 9.45. The maximum atomic E-state index is 11.2. The van der Waals surface area contributed by atoms with E-state index in [1.54, 1.807) is 0 Å². The molecule has 1 aliphatic rings. The van der Waals surface area contributed by atoms with Crippen molar-refractivity contribution in [3.05, 3.63) is 0 Å². The summed E-state index contributed by atoms with van der Waals surface area (Å²) in [6.07, 6.45) is 3.39. The van der Waals surface area contributed by atoms with Gasteiger partial charge in [0.25, 0.3) is 0 Å². The van der Waals surface area contributed by atoms with Crippen LogP contribution in [-0.2, 0) is 9.53 Å². The van der Waals surface area contributed by atoms with Gasteiger partial charge < -0.3 is 4.74 Å². The Balaban J connectivity index is 2.16. The minimum Gasteiger partial charge on any atom is -0.468 e. The van der Waals surface area contributed by atoms with Gasteiger partial charge in [0, 0.05) is 6.54 Å². The van der Waals surface area contributed by atoms with Gasteiger partial charge in [-0.05, 0) is 31.7 Å². The minimum atomic E-state index is -0.0687. The topological polar surface area (TPSA) is 29.5 Å². The first-order valence-corrected chi connectivity index (χ1v) is 5.47. The number of likely N-dealkylation sites (tertiary alicyclic amines) is 1. The number of carbonyl (C=O) groups excluding carboxylic acids is 1. The number of rotatable bonds is 5. The molecule has 1 fully saturated rings. The van der Waals surface area contributed by atoms with Crippen LogP contribution in [0, 0.1) is 5.92 Å². The molecule has 1 atom stereocenters. The second-order valence-electron chi connectivity index (χ2n) is 4.40. The number of nitrogens with zero attached hydrogens (tertiary/aromatic N) is 1. The molecule has 3 heteroatoms. The van der Waals surface area contributed by atoms with E-state index in [1.807, 2.05) is 0 Å². The van der Waals surface area contributed by atoms with E-state index < -0.39 is 0 Å². The van der Waals surface area contributed by atoms with Gasteiger partial charge in [-0.15, -0.1) is 0 Å². The van der Waals surface area contributed by atoms with Gasteiger partial charge in [-0.2, -0.15) is 0 Å². The molecule has 0 amide bonds. The van der Waals surface area contributed by atoms with E-state index in [9.17, 15) is 4.79 Å². The maximum Gasteiger partial charge on any atom is 0.323 e. The van der Waals surface area contributed by atoms with E-state index in [0.717, 1.165) is 25.4 Å². The monoisotopic (exact) mass is 199 g/mol. The first-order chi connectivity index (χ1) is 6.65. The summed E-state index contributed by atoms with van der Waals surface area (Å²) in [5, 5.41) is 0. The van der Waals surface area contributed by atoms with Gasteiger partial charge in [0.15, 0.2) is 0 Å². The van der Waals surface area contributed by atoms with Crippen molar-refractivity contribution < 1.29 is 9.53 Å². The largest absolute Gasteiger partial charge is 0.468 e. The Morgan fingerprint density at radius 1 is 1.57 bits per heavy atom. The van der Waals surface area contributed by atoms with E-state index in [1.165, 1.54) is 20.0 Å². The number of methoxy groups -OCH3 is 1. The van der Waals surface area contributed by atoms with Crippen LogP contribution in [0.5, 0.6) is 0 Å². The fourth-order valence-corrected chi connectivity index (χ4v) is 1.81. The predicted molar refractivity (Wildman–Crippen MR) is 56.1 cm³/mol. The third kappa shape index (κ3) is 2.98. The lowest BCUT2D eigenvalue weighted by Crippen LogP contribution is -2.52. The Labute approximate surface area is 86.4 Å². The molecule has 0 bridgehead atoms. The second-order valence-corrected chi connectivity index (χ2v) is 4.40. The van der Waals surface area contributed by atoms with Crippen molar-refractivity contribution in [1.29, 1.82) is 0 Å². The van der Waals surface area contributed by atoms with Crippen LogP contribution in [-0.4, -0.2) is 37.1 Å². The summed E-state index contributed by atoms with van der Waals surface area (Å²) in [5.74, 6) is 0.689. The molecule has 0 radical (unpaired) electrons. The third-order valence-electron chi connectivity index (χ3n) is 2.83. The lowest BCUT2D eigenvalue weighted by atomic mass is 10.0. The molecule has 1 heterocycles.